The van der Waals surface area contributed by atoms with Gasteiger partial charge in [-0.1, -0.05) is 38.5 Å². The third kappa shape index (κ3) is 3.46. The molecule has 0 aromatic rings. The van der Waals surface area contributed by atoms with E-state index in [1.807, 2.05) is 0 Å². The quantitative estimate of drug-likeness (QED) is 0.694. The molecule has 0 aromatic carbocycles. The van der Waals surface area contributed by atoms with E-state index in [0.29, 0.717) is 12.1 Å². The lowest BCUT2D eigenvalue weighted by Crippen LogP contribution is -2.48. The smallest absolute Gasteiger partial charge is 0.0247 e. The SMILES string of the molecule is NC1CCCCCC1N1CCCCCCC1. The van der Waals surface area contributed by atoms with Gasteiger partial charge in [0.15, 0.2) is 0 Å². The first-order valence-electron chi connectivity index (χ1n) is 7.37. The van der Waals surface area contributed by atoms with E-state index in [2.05, 4.69) is 4.90 Å². The largest absolute Gasteiger partial charge is 0.326 e. The second-order valence-electron chi connectivity index (χ2n) is 5.67. The normalized spacial score (nSPS) is 35.1. The van der Waals surface area contributed by atoms with Gasteiger partial charge in [0.2, 0.25) is 0 Å². The highest BCUT2D eigenvalue weighted by Gasteiger charge is 2.26. The summed E-state index contributed by atoms with van der Waals surface area (Å²) in [6.45, 7) is 2.61. The Labute approximate surface area is 101 Å². The molecule has 2 N–H and O–H groups in total. The predicted molar refractivity (Wildman–Crippen MR) is 69.5 cm³/mol. The Bertz CT molecular complexity index is 185. The predicted octanol–water partition coefficient (Wildman–Crippen LogP) is 2.91. The van der Waals surface area contributed by atoms with E-state index in [0.717, 1.165) is 0 Å². The summed E-state index contributed by atoms with van der Waals surface area (Å²) in [7, 11) is 0. The lowest BCUT2D eigenvalue weighted by atomic mass is 9.99. The Hall–Kier alpha value is -0.0800. The molecule has 0 spiro atoms. The third-order valence-electron chi connectivity index (χ3n) is 4.39. The summed E-state index contributed by atoms with van der Waals surface area (Å²) in [6.07, 6.45) is 13.8. The van der Waals surface area contributed by atoms with Crippen LogP contribution in [0.4, 0.5) is 0 Å². The Morgan fingerprint density at radius 1 is 0.688 bits per heavy atom. The van der Waals surface area contributed by atoms with Crippen LogP contribution in [0.1, 0.15) is 64.2 Å². The van der Waals surface area contributed by atoms with Crippen LogP contribution in [0.5, 0.6) is 0 Å². The summed E-state index contributed by atoms with van der Waals surface area (Å²) in [4.78, 5) is 2.72. The van der Waals surface area contributed by atoms with E-state index in [9.17, 15) is 0 Å². The van der Waals surface area contributed by atoms with Gasteiger partial charge in [0, 0.05) is 12.1 Å². The van der Waals surface area contributed by atoms with Crippen LogP contribution in [0.15, 0.2) is 0 Å². The van der Waals surface area contributed by atoms with Gasteiger partial charge in [-0.05, 0) is 38.8 Å². The fourth-order valence-corrected chi connectivity index (χ4v) is 3.37. The number of nitrogens with two attached hydrogens (primary N) is 1. The molecule has 1 aliphatic carbocycles. The number of rotatable bonds is 1. The Morgan fingerprint density at radius 3 is 2.00 bits per heavy atom. The van der Waals surface area contributed by atoms with E-state index >= 15 is 0 Å². The molecule has 2 heteroatoms. The van der Waals surface area contributed by atoms with Gasteiger partial charge in [0.05, 0.1) is 0 Å². The fraction of sp³-hybridized carbons (Fsp3) is 1.00. The molecular weight excluding hydrogens is 196 g/mol. The molecule has 0 bridgehead atoms. The molecule has 0 amide bonds. The maximum Gasteiger partial charge on any atom is 0.0247 e. The first-order chi connectivity index (χ1) is 7.88. The summed E-state index contributed by atoms with van der Waals surface area (Å²) < 4.78 is 0. The standard InChI is InChI=1S/C14H28N2/c15-13-9-5-4-6-10-14(13)16-11-7-2-1-3-8-12-16/h13-14H,1-12,15H2. The van der Waals surface area contributed by atoms with Crippen LogP contribution in [0.3, 0.4) is 0 Å². The minimum Gasteiger partial charge on any atom is -0.326 e. The number of nitrogens with zero attached hydrogens (tertiary/aromatic N) is 1. The molecule has 1 saturated carbocycles. The zero-order valence-corrected chi connectivity index (χ0v) is 10.7. The van der Waals surface area contributed by atoms with Gasteiger partial charge >= 0.3 is 0 Å². The molecule has 94 valence electrons. The summed E-state index contributed by atoms with van der Waals surface area (Å²) >= 11 is 0. The van der Waals surface area contributed by atoms with E-state index in [1.165, 1.54) is 77.3 Å². The molecule has 2 atom stereocenters. The Kier molecular flexibility index (Phi) is 5.11. The van der Waals surface area contributed by atoms with E-state index in [4.69, 9.17) is 5.73 Å². The molecule has 2 fully saturated rings. The van der Waals surface area contributed by atoms with Crippen molar-refractivity contribution in [2.24, 2.45) is 5.73 Å². The Morgan fingerprint density at radius 2 is 1.25 bits per heavy atom. The minimum atomic E-state index is 0.446. The number of likely N-dealkylation sites (tertiary alicyclic amines) is 1. The molecular formula is C14H28N2. The van der Waals surface area contributed by atoms with Crippen LogP contribution in [-0.4, -0.2) is 30.1 Å². The molecule has 16 heavy (non-hydrogen) atoms. The molecule has 0 aromatic heterocycles. The summed E-state index contributed by atoms with van der Waals surface area (Å²) in [5.74, 6) is 0. The van der Waals surface area contributed by atoms with Gasteiger partial charge in [-0.25, -0.2) is 0 Å². The molecule has 2 rings (SSSR count). The van der Waals surface area contributed by atoms with E-state index in [1.54, 1.807) is 0 Å². The second kappa shape index (κ2) is 6.61. The van der Waals surface area contributed by atoms with Crippen molar-refractivity contribution in [1.82, 2.24) is 4.90 Å². The zero-order valence-electron chi connectivity index (χ0n) is 10.7. The number of hydrogen-bond acceptors (Lipinski definition) is 2. The van der Waals surface area contributed by atoms with Crippen molar-refractivity contribution in [1.29, 1.82) is 0 Å². The molecule has 2 unspecified atom stereocenters. The second-order valence-corrected chi connectivity index (χ2v) is 5.67. The first-order valence-corrected chi connectivity index (χ1v) is 7.37. The average molecular weight is 224 g/mol. The average Bonchev–Trinajstić information content (AvgIpc) is 2.43. The third-order valence-corrected chi connectivity index (χ3v) is 4.39. The summed E-state index contributed by atoms with van der Waals surface area (Å²) in [5, 5.41) is 0. The van der Waals surface area contributed by atoms with E-state index < -0.39 is 0 Å². The lowest BCUT2D eigenvalue weighted by Gasteiger charge is -2.35. The molecule has 2 aliphatic rings. The van der Waals surface area contributed by atoms with Crippen LogP contribution in [0, 0.1) is 0 Å². The first kappa shape index (κ1) is 12.4. The molecule has 2 nitrogen and oxygen atoms in total. The summed E-state index contributed by atoms with van der Waals surface area (Å²) in [5.41, 5.74) is 6.36. The van der Waals surface area contributed by atoms with Crippen molar-refractivity contribution in [3.8, 4) is 0 Å². The topological polar surface area (TPSA) is 29.3 Å². The molecule has 1 aliphatic heterocycles. The van der Waals surface area contributed by atoms with Crippen LogP contribution < -0.4 is 5.73 Å². The highest BCUT2D eigenvalue weighted by molar-refractivity contribution is 4.85. The molecule has 1 heterocycles. The maximum absolute atomic E-state index is 6.36. The van der Waals surface area contributed by atoms with Gasteiger partial charge in [-0.2, -0.15) is 0 Å². The molecule has 1 saturated heterocycles. The van der Waals surface area contributed by atoms with Crippen molar-refractivity contribution in [3.05, 3.63) is 0 Å². The van der Waals surface area contributed by atoms with Crippen LogP contribution >= 0.6 is 0 Å². The number of hydrogen-bond donors (Lipinski definition) is 1. The minimum absolute atomic E-state index is 0.446. The zero-order chi connectivity index (χ0) is 11.2. The van der Waals surface area contributed by atoms with Gasteiger partial charge in [-0.15, -0.1) is 0 Å². The van der Waals surface area contributed by atoms with Crippen molar-refractivity contribution in [3.63, 3.8) is 0 Å². The maximum atomic E-state index is 6.36. The van der Waals surface area contributed by atoms with Crippen molar-refractivity contribution >= 4 is 0 Å². The van der Waals surface area contributed by atoms with Crippen molar-refractivity contribution < 1.29 is 0 Å². The Balaban J connectivity index is 1.90. The highest BCUT2D eigenvalue weighted by atomic mass is 15.2. The summed E-state index contributed by atoms with van der Waals surface area (Å²) in [6, 6.07) is 1.14. The molecule has 0 radical (unpaired) electrons. The fourth-order valence-electron chi connectivity index (χ4n) is 3.37. The van der Waals surface area contributed by atoms with Crippen LogP contribution in [-0.2, 0) is 0 Å². The lowest BCUT2D eigenvalue weighted by molar-refractivity contribution is 0.149. The highest BCUT2D eigenvalue weighted by Crippen LogP contribution is 2.23. The van der Waals surface area contributed by atoms with Gasteiger partial charge in [-0.3, -0.25) is 4.90 Å². The van der Waals surface area contributed by atoms with E-state index in [-0.39, 0.29) is 0 Å². The van der Waals surface area contributed by atoms with Crippen LogP contribution in [0.25, 0.3) is 0 Å². The van der Waals surface area contributed by atoms with Crippen molar-refractivity contribution in [2.75, 3.05) is 13.1 Å². The monoisotopic (exact) mass is 224 g/mol. The van der Waals surface area contributed by atoms with Crippen LogP contribution in [0.2, 0.25) is 0 Å². The van der Waals surface area contributed by atoms with Gasteiger partial charge in [0.25, 0.3) is 0 Å². The van der Waals surface area contributed by atoms with Gasteiger partial charge < -0.3 is 5.73 Å². The van der Waals surface area contributed by atoms with Gasteiger partial charge in [0.1, 0.15) is 0 Å². The van der Waals surface area contributed by atoms with Crippen molar-refractivity contribution in [2.45, 2.75) is 76.3 Å².